The van der Waals surface area contributed by atoms with E-state index in [0.29, 0.717) is 0 Å². The maximum absolute atomic E-state index is 2.38. The molecule has 1 heteroatoms. The molecule has 0 unspecified atom stereocenters. The molecular formula is C24H20Si. The molecule has 0 saturated carbocycles. The number of rotatable bonds is 4. The maximum atomic E-state index is 2.38. The van der Waals surface area contributed by atoms with Gasteiger partial charge in [-0.25, -0.2) is 0 Å². The van der Waals surface area contributed by atoms with Crippen molar-refractivity contribution in [3.8, 4) is 11.1 Å². The SMILES string of the molecule is c1ccc(-c2cccc([SiH](c3ccccc3)c3ccccc3)c2)cc1. The molecular weight excluding hydrogens is 316 g/mol. The first-order chi connectivity index (χ1) is 12.4. The molecule has 0 saturated heterocycles. The van der Waals surface area contributed by atoms with Gasteiger partial charge in [0.1, 0.15) is 8.80 Å². The van der Waals surface area contributed by atoms with Crippen LogP contribution in [0.1, 0.15) is 0 Å². The highest BCUT2D eigenvalue weighted by Gasteiger charge is 2.18. The fourth-order valence-corrected chi connectivity index (χ4v) is 6.42. The summed E-state index contributed by atoms with van der Waals surface area (Å²) < 4.78 is 0. The van der Waals surface area contributed by atoms with Crippen molar-refractivity contribution < 1.29 is 0 Å². The largest absolute Gasteiger partial charge is 0.132 e. The number of hydrogen-bond donors (Lipinski definition) is 0. The molecule has 0 nitrogen and oxygen atoms in total. The summed E-state index contributed by atoms with van der Waals surface area (Å²) in [5.41, 5.74) is 2.57. The van der Waals surface area contributed by atoms with Gasteiger partial charge < -0.3 is 0 Å². The molecule has 0 fully saturated rings. The minimum Gasteiger partial charge on any atom is -0.0625 e. The summed E-state index contributed by atoms with van der Waals surface area (Å²) in [5, 5.41) is 4.37. The summed E-state index contributed by atoms with van der Waals surface area (Å²) in [6, 6.07) is 41.6. The van der Waals surface area contributed by atoms with Crippen molar-refractivity contribution in [2.45, 2.75) is 0 Å². The molecule has 0 bridgehead atoms. The van der Waals surface area contributed by atoms with Crippen LogP contribution in [-0.2, 0) is 0 Å². The molecule has 0 heterocycles. The smallest absolute Gasteiger partial charge is 0.0625 e. The zero-order valence-electron chi connectivity index (χ0n) is 14.0. The Labute approximate surface area is 151 Å². The lowest BCUT2D eigenvalue weighted by Gasteiger charge is -2.18. The van der Waals surface area contributed by atoms with Gasteiger partial charge in [0.15, 0.2) is 0 Å². The fourth-order valence-electron chi connectivity index (χ4n) is 3.40. The van der Waals surface area contributed by atoms with Crippen LogP contribution in [0.15, 0.2) is 115 Å². The van der Waals surface area contributed by atoms with Crippen molar-refractivity contribution in [3.05, 3.63) is 115 Å². The number of hydrogen-bond acceptors (Lipinski definition) is 0. The average molecular weight is 337 g/mol. The van der Waals surface area contributed by atoms with Crippen LogP contribution in [0.4, 0.5) is 0 Å². The summed E-state index contributed by atoms with van der Waals surface area (Å²) >= 11 is 0. The third-order valence-corrected chi connectivity index (χ3v) is 7.72. The Bertz CT molecular complexity index is 892. The maximum Gasteiger partial charge on any atom is 0.132 e. The van der Waals surface area contributed by atoms with Crippen molar-refractivity contribution in [3.63, 3.8) is 0 Å². The highest BCUT2D eigenvalue weighted by atomic mass is 28.3. The van der Waals surface area contributed by atoms with Crippen LogP contribution in [0.25, 0.3) is 11.1 Å². The first-order valence-corrected chi connectivity index (χ1v) is 10.4. The van der Waals surface area contributed by atoms with E-state index in [2.05, 4.69) is 115 Å². The van der Waals surface area contributed by atoms with Gasteiger partial charge in [-0.15, -0.1) is 0 Å². The molecule has 0 aromatic heterocycles. The summed E-state index contributed by atoms with van der Waals surface area (Å²) in [6.45, 7) is 0. The first-order valence-electron chi connectivity index (χ1n) is 8.67. The van der Waals surface area contributed by atoms with Gasteiger partial charge in [0, 0.05) is 0 Å². The molecule has 0 aliphatic heterocycles. The van der Waals surface area contributed by atoms with Crippen LogP contribution in [-0.4, -0.2) is 8.80 Å². The molecule has 120 valence electrons. The zero-order chi connectivity index (χ0) is 16.9. The van der Waals surface area contributed by atoms with Crippen LogP contribution in [0, 0.1) is 0 Å². The molecule has 0 amide bonds. The third-order valence-electron chi connectivity index (χ3n) is 4.59. The lowest BCUT2D eigenvalue weighted by molar-refractivity contribution is 1.63. The van der Waals surface area contributed by atoms with Gasteiger partial charge in [0.2, 0.25) is 0 Å². The van der Waals surface area contributed by atoms with Crippen molar-refractivity contribution in [2.75, 3.05) is 0 Å². The predicted octanol–water partition coefficient (Wildman–Crippen LogP) is 3.60. The van der Waals surface area contributed by atoms with Gasteiger partial charge in [-0.3, -0.25) is 0 Å². The Hall–Kier alpha value is -2.90. The minimum atomic E-state index is -1.46. The van der Waals surface area contributed by atoms with E-state index in [1.807, 2.05) is 0 Å². The quantitative estimate of drug-likeness (QED) is 0.395. The molecule has 4 rings (SSSR count). The topological polar surface area (TPSA) is 0 Å². The second-order valence-electron chi connectivity index (χ2n) is 6.25. The van der Waals surface area contributed by atoms with E-state index in [1.54, 1.807) is 0 Å². The van der Waals surface area contributed by atoms with E-state index in [-0.39, 0.29) is 0 Å². The highest BCUT2D eigenvalue weighted by molar-refractivity contribution is 6.95. The molecule has 25 heavy (non-hydrogen) atoms. The molecule has 0 aliphatic carbocycles. The highest BCUT2D eigenvalue weighted by Crippen LogP contribution is 2.17. The van der Waals surface area contributed by atoms with Gasteiger partial charge in [-0.2, -0.15) is 0 Å². The minimum absolute atomic E-state index is 1.28. The molecule has 0 radical (unpaired) electrons. The van der Waals surface area contributed by atoms with Crippen molar-refractivity contribution in [2.24, 2.45) is 0 Å². The van der Waals surface area contributed by atoms with E-state index in [0.717, 1.165) is 0 Å². The van der Waals surface area contributed by atoms with E-state index >= 15 is 0 Å². The Morgan fingerprint density at radius 1 is 0.360 bits per heavy atom. The molecule has 0 aliphatic rings. The van der Waals surface area contributed by atoms with Crippen molar-refractivity contribution in [1.29, 1.82) is 0 Å². The van der Waals surface area contributed by atoms with Crippen LogP contribution in [0.5, 0.6) is 0 Å². The molecule has 0 N–H and O–H groups in total. The van der Waals surface area contributed by atoms with Gasteiger partial charge in [0.05, 0.1) is 0 Å². The predicted molar refractivity (Wildman–Crippen MR) is 111 cm³/mol. The van der Waals surface area contributed by atoms with Gasteiger partial charge in [-0.1, -0.05) is 131 Å². The zero-order valence-corrected chi connectivity index (χ0v) is 15.2. The van der Waals surface area contributed by atoms with Crippen molar-refractivity contribution in [1.82, 2.24) is 0 Å². The summed E-state index contributed by atoms with van der Waals surface area (Å²) in [5.74, 6) is 0. The molecule has 0 atom stereocenters. The van der Waals surface area contributed by atoms with Crippen LogP contribution in [0.2, 0.25) is 0 Å². The average Bonchev–Trinajstić information content (AvgIpc) is 2.71. The lowest BCUT2D eigenvalue weighted by atomic mass is 10.1. The summed E-state index contributed by atoms with van der Waals surface area (Å²) in [7, 11) is -1.46. The summed E-state index contributed by atoms with van der Waals surface area (Å²) in [4.78, 5) is 0. The Morgan fingerprint density at radius 2 is 0.800 bits per heavy atom. The Morgan fingerprint density at radius 3 is 1.36 bits per heavy atom. The van der Waals surface area contributed by atoms with Gasteiger partial charge in [0.25, 0.3) is 0 Å². The third kappa shape index (κ3) is 3.47. The fraction of sp³-hybridized carbons (Fsp3) is 0. The van der Waals surface area contributed by atoms with E-state index in [4.69, 9.17) is 0 Å². The van der Waals surface area contributed by atoms with Crippen LogP contribution in [0.3, 0.4) is 0 Å². The normalized spacial score (nSPS) is 10.8. The molecule has 4 aromatic carbocycles. The van der Waals surface area contributed by atoms with Crippen LogP contribution < -0.4 is 15.6 Å². The lowest BCUT2D eigenvalue weighted by Crippen LogP contribution is -2.51. The monoisotopic (exact) mass is 336 g/mol. The van der Waals surface area contributed by atoms with E-state index in [9.17, 15) is 0 Å². The second kappa shape index (κ2) is 7.33. The standard InChI is InChI=1S/C24H20Si/c1-4-11-20(12-5-1)21-13-10-18-24(19-21)25(22-14-6-2-7-15-22)23-16-8-3-9-17-23/h1-19,25H. The van der Waals surface area contributed by atoms with Gasteiger partial charge >= 0.3 is 0 Å². The van der Waals surface area contributed by atoms with E-state index in [1.165, 1.54) is 26.7 Å². The summed E-state index contributed by atoms with van der Waals surface area (Å²) in [6.07, 6.45) is 0. The van der Waals surface area contributed by atoms with Crippen molar-refractivity contribution >= 4 is 24.4 Å². The molecule has 0 spiro atoms. The molecule has 4 aromatic rings. The van der Waals surface area contributed by atoms with Gasteiger partial charge in [-0.05, 0) is 11.1 Å². The van der Waals surface area contributed by atoms with E-state index < -0.39 is 8.80 Å². The van der Waals surface area contributed by atoms with Crippen LogP contribution >= 0.6 is 0 Å². The Balaban J connectivity index is 1.83. The second-order valence-corrected chi connectivity index (χ2v) is 9.11. The Kier molecular flexibility index (Phi) is 4.58. The first kappa shape index (κ1) is 15.6. The number of benzene rings is 4.